The number of fused-ring (bicyclic) bond motifs is 2. The highest BCUT2D eigenvalue weighted by molar-refractivity contribution is 5.83. The lowest BCUT2D eigenvalue weighted by molar-refractivity contribution is -0.156. The van der Waals surface area contributed by atoms with Gasteiger partial charge in [0, 0.05) is 0 Å². The maximum absolute atomic E-state index is 11.1. The SMILES string of the molecule is C[C@]12CC[C@](C)(O1)[C@@H](C(=O)O)[C@H]2C(=O)O. The fourth-order valence-electron chi connectivity index (χ4n) is 3.08. The third-order valence-corrected chi connectivity index (χ3v) is 3.77. The summed E-state index contributed by atoms with van der Waals surface area (Å²) in [6, 6.07) is 0. The van der Waals surface area contributed by atoms with Gasteiger partial charge in [-0.2, -0.15) is 0 Å². The first-order valence-corrected chi connectivity index (χ1v) is 4.96. The van der Waals surface area contributed by atoms with Crippen LogP contribution in [-0.2, 0) is 14.3 Å². The van der Waals surface area contributed by atoms with Gasteiger partial charge in [-0.3, -0.25) is 9.59 Å². The summed E-state index contributed by atoms with van der Waals surface area (Å²) in [5, 5.41) is 18.2. The number of rotatable bonds is 2. The molecule has 2 heterocycles. The van der Waals surface area contributed by atoms with Crippen molar-refractivity contribution in [3.63, 3.8) is 0 Å². The first kappa shape index (κ1) is 10.4. The van der Waals surface area contributed by atoms with Crippen LogP contribution in [0.1, 0.15) is 26.7 Å². The molecule has 2 bridgehead atoms. The lowest BCUT2D eigenvalue weighted by atomic mass is 9.68. The highest BCUT2D eigenvalue weighted by atomic mass is 16.5. The van der Waals surface area contributed by atoms with Crippen molar-refractivity contribution in [2.24, 2.45) is 11.8 Å². The van der Waals surface area contributed by atoms with Crippen molar-refractivity contribution in [2.45, 2.75) is 37.9 Å². The molecule has 2 aliphatic rings. The van der Waals surface area contributed by atoms with E-state index in [2.05, 4.69) is 0 Å². The molecule has 0 amide bonds. The number of carbonyl (C=O) groups is 2. The average Bonchev–Trinajstić information content (AvgIpc) is 2.49. The van der Waals surface area contributed by atoms with Crippen LogP contribution < -0.4 is 0 Å². The summed E-state index contributed by atoms with van der Waals surface area (Å²) >= 11 is 0. The Bertz CT molecular complexity index is 307. The van der Waals surface area contributed by atoms with Gasteiger partial charge < -0.3 is 14.9 Å². The summed E-state index contributed by atoms with van der Waals surface area (Å²) in [5.41, 5.74) is -1.63. The first-order chi connectivity index (χ1) is 6.80. The molecule has 2 N–H and O–H groups in total. The van der Waals surface area contributed by atoms with Gasteiger partial charge in [0.2, 0.25) is 0 Å². The predicted molar refractivity (Wildman–Crippen MR) is 49.4 cm³/mol. The molecule has 0 aromatic carbocycles. The molecule has 0 unspecified atom stereocenters. The van der Waals surface area contributed by atoms with E-state index >= 15 is 0 Å². The third-order valence-electron chi connectivity index (χ3n) is 3.77. The minimum absolute atomic E-state index is 0.615. The van der Waals surface area contributed by atoms with Gasteiger partial charge in [0.25, 0.3) is 0 Å². The van der Waals surface area contributed by atoms with Gasteiger partial charge in [-0.15, -0.1) is 0 Å². The molecule has 0 aromatic heterocycles. The smallest absolute Gasteiger partial charge is 0.310 e. The number of aliphatic carboxylic acids is 2. The van der Waals surface area contributed by atoms with Crippen LogP contribution in [0.3, 0.4) is 0 Å². The molecular weight excluding hydrogens is 200 g/mol. The molecule has 5 nitrogen and oxygen atoms in total. The van der Waals surface area contributed by atoms with E-state index in [1.54, 1.807) is 13.8 Å². The zero-order valence-corrected chi connectivity index (χ0v) is 8.69. The van der Waals surface area contributed by atoms with Crippen molar-refractivity contribution in [3.05, 3.63) is 0 Å². The van der Waals surface area contributed by atoms with Crippen LogP contribution in [0.15, 0.2) is 0 Å². The van der Waals surface area contributed by atoms with Gasteiger partial charge in [-0.05, 0) is 26.7 Å². The molecule has 4 atom stereocenters. The summed E-state index contributed by atoms with van der Waals surface area (Å²) in [6.07, 6.45) is 1.23. The molecule has 2 saturated heterocycles. The van der Waals surface area contributed by atoms with Gasteiger partial charge >= 0.3 is 11.9 Å². The minimum Gasteiger partial charge on any atom is -0.481 e. The monoisotopic (exact) mass is 214 g/mol. The maximum atomic E-state index is 11.1. The second-order valence-electron chi connectivity index (χ2n) is 4.86. The predicted octanol–water partition coefficient (Wildman–Crippen LogP) is 0.729. The molecule has 84 valence electrons. The highest BCUT2D eigenvalue weighted by Gasteiger charge is 2.68. The minimum atomic E-state index is -1.08. The van der Waals surface area contributed by atoms with Crippen LogP contribution >= 0.6 is 0 Å². The topological polar surface area (TPSA) is 83.8 Å². The Morgan fingerprint density at radius 2 is 1.40 bits per heavy atom. The van der Waals surface area contributed by atoms with Gasteiger partial charge in [0.05, 0.1) is 11.2 Å². The van der Waals surface area contributed by atoms with Crippen LogP contribution in [0, 0.1) is 11.8 Å². The van der Waals surface area contributed by atoms with E-state index in [0.717, 1.165) is 0 Å². The molecular formula is C10H14O5. The summed E-state index contributed by atoms with van der Waals surface area (Å²) in [6.45, 7) is 3.39. The molecule has 0 spiro atoms. The van der Waals surface area contributed by atoms with E-state index in [-0.39, 0.29) is 0 Å². The standard InChI is InChI=1S/C10H14O5/c1-9-3-4-10(2,15-9)6(8(13)14)5(9)7(11)12/h5-6H,3-4H2,1-2H3,(H,11,12)(H,13,14)/t5-,6+,9+,10-. The zero-order chi connectivity index (χ0) is 11.4. The van der Waals surface area contributed by atoms with Crippen molar-refractivity contribution in [1.82, 2.24) is 0 Å². The Balaban J connectivity index is 2.45. The van der Waals surface area contributed by atoms with Crippen molar-refractivity contribution < 1.29 is 24.5 Å². The molecule has 2 aliphatic heterocycles. The number of ether oxygens (including phenoxy) is 1. The Morgan fingerprint density at radius 3 is 1.67 bits per heavy atom. The average molecular weight is 214 g/mol. The van der Waals surface area contributed by atoms with Crippen molar-refractivity contribution in [1.29, 1.82) is 0 Å². The Labute approximate surface area is 87.0 Å². The van der Waals surface area contributed by atoms with Gasteiger partial charge in [-0.1, -0.05) is 0 Å². The third kappa shape index (κ3) is 1.19. The Kier molecular flexibility index (Phi) is 1.89. The second kappa shape index (κ2) is 2.72. The van der Waals surface area contributed by atoms with Crippen molar-refractivity contribution in [3.8, 4) is 0 Å². The van der Waals surface area contributed by atoms with Crippen LogP contribution in [0.5, 0.6) is 0 Å². The van der Waals surface area contributed by atoms with E-state index in [0.29, 0.717) is 12.8 Å². The summed E-state index contributed by atoms with van der Waals surface area (Å²) in [5.74, 6) is -4.02. The van der Waals surface area contributed by atoms with E-state index < -0.39 is 35.0 Å². The Morgan fingerprint density at radius 1 is 1.07 bits per heavy atom. The number of hydrogen-bond donors (Lipinski definition) is 2. The normalized spacial score (nSPS) is 48.1. The van der Waals surface area contributed by atoms with Crippen LogP contribution in [0.25, 0.3) is 0 Å². The van der Waals surface area contributed by atoms with E-state index in [1.807, 2.05) is 0 Å². The van der Waals surface area contributed by atoms with Gasteiger partial charge in [0.1, 0.15) is 11.8 Å². The summed E-state index contributed by atoms with van der Waals surface area (Å²) in [4.78, 5) is 22.2. The lowest BCUT2D eigenvalue weighted by Gasteiger charge is -2.30. The molecule has 0 saturated carbocycles. The van der Waals surface area contributed by atoms with Gasteiger partial charge in [-0.25, -0.2) is 0 Å². The molecule has 5 heteroatoms. The van der Waals surface area contributed by atoms with Crippen LogP contribution in [0.4, 0.5) is 0 Å². The fraction of sp³-hybridized carbons (Fsp3) is 0.800. The Hall–Kier alpha value is -1.10. The number of carboxylic acid groups (broad SMARTS) is 2. The number of carboxylic acids is 2. The zero-order valence-electron chi connectivity index (χ0n) is 8.69. The lowest BCUT2D eigenvalue weighted by Crippen LogP contribution is -2.46. The van der Waals surface area contributed by atoms with Crippen molar-refractivity contribution >= 4 is 11.9 Å². The number of hydrogen-bond acceptors (Lipinski definition) is 3. The first-order valence-electron chi connectivity index (χ1n) is 4.96. The largest absolute Gasteiger partial charge is 0.481 e. The maximum Gasteiger partial charge on any atom is 0.310 e. The van der Waals surface area contributed by atoms with Crippen LogP contribution in [-0.4, -0.2) is 33.4 Å². The van der Waals surface area contributed by atoms with E-state index in [1.165, 1.54) is 0 Å². The molecule has 0 aromatic rings. The van der Waals surface area contributed by atoms with E-state index in [4.69, 9.17) is 14.9 Å². The highest BCUT2D eigenvalue weighted by Crippen LogP contribution is 2.57. The molecule has 2 rings (SSSR count). The van der Waals surface area contributed by atoms with Gasteiger partial charge in [0.15, 0.2) is 0 Å². The molecule has 0 radical (unpaired) electrons. The van der Waals surface area contributed by atoms with Crippen molar-refractivity contribution in [2.75, 3.05) is 0 Å². The summed E-state index contributed by atoms with van der Waals surface area (Å²) in [7, 11) is 0. The molecule has 0 aliphatic carbocycles. The quantitative estimate of drug-likeness (QED) is 0.707. The molecule has 15 heavy (non-hydrogen) atoms. The van der Waals surface area contributed by atoms with Crippen LogP contribution in [0.2, 0.25) is 0 Å². The second-order valence-corrected chi connectivity index (χ2v) is 4.86. The molecule has 2 fully saturated rings. The fourth-order valence-corrected chi connectivity index (χ4v) is 3.08. The van der Waals surface area contributed by atoms with E-state index in [9.17, 15) is 9.59 Å². The summed E-state index contributed by atoms with van der Waals surface area (Å²) < 4.78 is 5.63.